The number of carboxylic acids is 1. The smallest absolute Gasteiger partial charge is 0.307 e. The predicted molar refractivity (Wildman–Crippen MR) is 80.7 cm³/mol. The normalized spacial score (nSPS) is 16.5. The summed E-state index contributed by atoms with van der Waals surface area (Å²) in [5.74, 6) is 0.0900. The lowest BCUT2D eigenvalue weighted by Crippen LogP contribution is -2.26. The van der Waals surface area contributed by atoms with Crippen LogP contribution in [0.15, 0.2) is 24.3 Å². The second kappa shape index (κ2) is 7.44. The summed E-state index contributed by atoms with van der Waals surface area (Å²) in [5.41, 5.74) is 2.13. The van der Waals surface area contributed by atoms with Crippen molar-refractivity contribution in [3.8, 4) is 0 Å². The van der Waals surface area contributed by atoms with Gasteiger partial charge in [0.1, 0.15) is 0 Å². The molecular weight excluding hydrogens is 250 g/mol. The van der Waals surface area contributed by atoms with Gasteiger partial charge in [-0.05, 0) is 36.9 Å². The summed E-state index contributed by atoms with van der Waals surface area (Å²) >= 11 is 0. The lowest BCUT2D eigenvalue weighted by atomic mass is 9.89. The lowest BCUT2D eigenvalue weighted by molar-refractivity contribution is -0.136. The predicted octanol–water partition coefficient (Wildman–Crippen LogP) is 3.33. The van der Waals surface area contributed by atoms with E-state index in [1.165, 1.54) is 44.2 Å². The van der Waals surface area contributed by atoms with Crippen LogP contribution in [-0.2, 0) is 17.8 Å². The van der Waals surface area contributed by atoms with Crippen LogP contribution in [0.25, 0.3) is 0 Å². The zero-order chi connectivity index (χ0) is 14.4. The first kappa shape index (κ1) is 15.0. The highest BCUT2D eigenvalue weighted by Gasteiger charge is 2.15. The number of carbonyl (C=O) groups is 1. The van der Waals surface area contributed by atoms with Gasteiger partial charge in [0.15, 0.2) is 0 Å². The van der Waals surface area contributed by atoms with E-state index in [0.717, 1.165) is 18.0 Å². The van der Waals surface area contributed by atoms with E-state index >= 15 is 0 Å². The summed E-state index contributed by atoms with van der Waals surface area (Å²) in [6.45, 7) is 2.13. The molecule has 1 N–H and O–H groups in total. The van der Waals surface area contributed by atoms with Crippen LogP contribution in [-0.4, -0.2) is 29.6 Å². The minimum absolute atomic E-state index is 0.109. The summed E-state index contributed by atoms with van der Waals surface area (Å²) in [7, 11) is 2.18. The third-order valence-corrected chi connectivity index (χ3v) is 4.13. The molecular formula is C17H25NO2. The van der Waals surface area contributed by atoms with Crippen LogP contribution in [0.3, 0.4) is 0 Å². The van der Waals surface area contributed by atoms with Crippen molar-refractivity contribution >= 4 is 5.97 Å². The quantitative estimate of drug-likeness (QED) is 0.865. The van der Waals surface area contributed by atoms with Crippen LogP contribution in [0.5, 0.6) is 0 Å². The molecule has 1 aromatic carbocycles. The highest BCUT2D eigenvalue weighted by molar-refractivity contribution is 5.70. The Morgan fingerprint density at radius 1 is 1.15 bits per heavy atom. The molecule has 0 aromatic heterocycles. The van der Waals surface area contributed by atoms with E-state index in [2.05, 4.69) is 24.1 Å². The SMILES string of the molecule is CN(Cc1ccc(CC(=O)O)cc1)CC1CCCCC1. The molecule has 0 radical (unpaired) electrons. The molecule has 0 spiro atoms. The van der Waals surface area contributed by atoms with E-state index in [9.17, 15) is 4.79 Å². The molecule has 1 saturated carbocycles. The Hall–Kier alpha value is -1.35. The second-order valence-electron chi connectivity index (χ2n) is 6.09. The molecule has 3 nitrogen and oxygen atoms in total. The number of benzene rings is 1. The van der Waals surface area contributed by atoms with Gasteiger partial charge in [-0.15, -0.1) is 0 Å². The van der Waals surface area contributed by atoms with Crippen LogP contribution >= 0.6 is 0 Å². The van der Waals surface area contributed by atoms with Gasteiger partial charge in [-0.25, -0.2) is 0 Å². The van der Waals surface area contributed by atoms with Gasteiger partial charge < -0.3 is 10.0 Å². The number of hydrogen-bond acceptors (Lipinski definition) is 2. The summed E-state index contributed by atoms with van der Waals surface area (Å²) in [6.07, 6.45) is 7.05. The molecule has 1 aliphatic rings. The van der Waals surface area contributed by atoms with Gasteiger partial charge in [0.25, 0.3) is 0 Å². The molecule has 0 unspecified atom stereocenters. The van der Waals surface area contributed by atoms with E-state index < -0.39 is 5.97 Å². The van der Waals surface area contributed by atoms with Gasteiger partial charge in [0.2, 0.25) is 0 Å². The van der Waals surface area contributed by atoms with Gasteiger partial charge in [0, 0.05) is 13.1 Å². The molecule has 0 amide bonds. The molecule has 110 valence electrons. The van der Waals surface area contributed by atoms with E-state index in [1.807, 2.05) is 12.1 Å². The molecule has 1 aromatic rings. The second-order valence-corrected chi connectivity index (χ2v) is 6.09. The molecule has 0 aliphatic heterocycles. The Labute approximate surface area is 121 Å². The Morgan fingerprint density at radius 3 is 2.35 bits per heavy atom. The van der Waals surface area contributed by atoms with Crippen LogP contribution in [0.4, 0.5) is 0 Å². The third kappa shape index (κ3) is 4.97. The van der Waals surface area contributed by atoms with E-state index in [-0.39, 0.29) is 6.42 Å². The molecule has 3 heteroatoms. The van der Waals surface area contributed by atoms with Gasteiger partial charge in [-0.2, -0.15) is 0 Å². The highest BCUT2D eigenvalue weighted by Crippen LogP contribution is 2.24. The largest absolute Gasteiger partial charge is 0.481 e. The molecule has 2 rings (SSSR count). The molecule has 20 heavy (non-hydrogen) atoms. The van der Waals surface area contributed by atoms with Crippen molar-refractivity contribution in [1.82, 2.24) is 4.90 Å². The van der Waals surface area contributed by atoms with Crippen molar-refractivity contribution in [3.05, 3.63) is 35.4 Å². The number of carboxylic acid groups (broad SMARTS) is 1. The third-order valence-electron chi connectivity index (χ3n) is 4.13. The average Bonchev–Trinajstić information content (AvgIpc) is 2.41. The minimum Gasteiger partial charge on any atom is -0.481 e. The fourth-order valence-corrected chi connectivity index (χ4v) is 3.12. The van der Waals surface area contributed by atoms with Gasteiger partial charge in [-0.3, -0.25) is 4.79 Å². The van der Waals surface area contributed by atoms with Crippen molar-refractivity contribution < 1.29 is 9.90 Å². The van der Waals surface area contributed by atoms with Crippen molar-refractivity contribution in [3.63, 3.8) is 0 Å². The maximum absolute atomic E-state index is 10.6. The summed E-state index contributed by atoms with van der Waals surface area (Å²) in [5, 5.41) is 8.76. The maximum atomic E-state index is 10.6. The molecule has 0 saturated heterocycles. The van der Waals surface area contributed by atoms with E-state index in [4.69, 9.17) is 5.11 Å². The number of nitrogens with zero attached hydrogens (tertiary/aromatic N) is 1. The first-order valence-corrected chi connectivity index (χ1v) is 7.61. The maximum Gasteiger partial charge on any atom is 0.307 e. The Kier molecular flexibility index (Phi) is 5.60. The Morgan fingerprint density at radius 2 is 1.75 bits per heavy atom. The first-order valence-electron chi connectivity index (χ1n) is 7.61. The molecule has 0 atom stereocenters. The lowest BCUT2D eigenvalue weighted by Gasteiger charge is -2.27. The Balaban J connectivity index is 1.81. The van der Waals surface area contributed by atoms with Gasteiger partial charge in [-0.1, -0.05) is 43.5 Å². The number of rotatable bonds is 6. The minimum atomic E-state index is -0.771. The van der Waals surface area contributed by atoms with Crippen LogP contribution in [0.2, 0.25) is 0 Å². The molecule has 0 bridgehead atoms. The van der Waals surface area contributed by atoms with Crippen molar-refractivity contribution in [2.24, 2.45) is 5.92 Å². The van der Waals surface area contributed by atoms with Crippen molar-refractivity contribution in [2.75, 3.05) is 13.6 Å². The monoisotopic (exact) mass is 275 g/mol. The zero-order valence-electron chi connectivity index (χ0n) is 12.3. The van der Waals surface area contributed by atoms with Crippen LogP contribution in [0, 0.1) is 5.92 Å². The zero-order valence-corrected chi connectivity index (χ0v) is 12.3. The van der Waals surface area contributed by atoms with Crippen LogP contribution < -0.4 is 0 Å². The van der Waals surface area contributed by atoms with Gasteiger partial charge in [0.05, 0.1) is 6.42 Å². The number of hydrogen-bond donors (Lipinski definition) is 1. The Bertz CT molecular complexity index is 421. The topological polar surface area (TPSA) is 40.5 Å². The summed E-state index contributed by atoms with van der Waals surface area (Å²) in [4.78, 5) is 13.0. The fourth-order valence-electron chi connectivity index (χ4n) is 3.12. The standard InChI is InChI=1S/C17H25NO2/c1-18(12-15-5-3-2-4-6-15)13-16-9-7-14(8-10-16)11-17(19)20/h7-10,15H,2-6,11-13H2,1H3,(H,19,20). The van der Waals surface area contributed by atoms with Crippen molar-refractivity contribution in [2.45, 2.75) is 45.1 Å². The molecule has 0 heterocycles. The van der Waals surface area contributed by atoms with Crippen LogP contribution in [0.1, 0.15) is 43.2 Å². The number of aliphatic carboxylic acids is 1. The molecule has 1 fully saturated rings. The summed E-state index contributed by atoms with van der Waals surface area (Å²) in [6, 6.07) is 7.96. The fraction of sp³-hybridized carbons (Fsp3) is 0.588. The average molecular weight is 275 g/mol. The molecule has 1 aliphatic carbocycles. The first-order chi connectivity index (χ1) is 9.63. The highest BCUT2D eigenvalue weighted by atomic mass is 16.4. The van der Waals surface area contributed by atoms with Crippen molar-refractivity contribution in [1.29, 1.82) is 0 Å². The van der Waals surface area contributed by atoms with Gasteiger partial charge >= 0.3 is 5.97 Å². The summed E-state index contributed by atoms with van der Waals surface area (Å²) < 4.78 is 0. The van der Waals surface area contributed by atoms with E-state index in [0.29, 0.717) is 0 Å². The van der Waals surface area contributed by atoms with E-state index in [1.54, 1.807) is 0 Å².